The van der Waals surface area contributed by atoms with Crippen molar-refractivity contribution >= 4 is 11.8 Å². The molecule has 1 aromatic heterocycles. The molecule has 0 aliphatic carbocycles. The van der Waals surface area contributed by atoms with Crippen molar-refractivity contribution in [1.29, 1.82) is 0 Å². The number of nitrogens with one attached hydrogen (secondary N) is 1. The molecule has 0 bridgehead atoms. The largest absolute Gasteiger partial charge is 0.354 e. The molecule has 0 amide bonds. The lowest BCUT2D eigenvalue weighted by atomic mass is 10.2. The number of hydrogen-bond acceptors (Lipinski definition) is 5. The normalized spacial score (nSPS) is 12.3. The maximum Gasteiger partial charge on any atom is 0.239 e. The third-order valence-corrected chi connectivity index (χ3v) is 2.56. The summed E-state index contributed by atoms with van der Waals surface area (Å²) in [5, 5.41) is 0. The highest BCUT2D eigenvalue weighted by molar-refractivity contribution is 5.43. The van der Waals surface area contributed by atoms with E-state index < -0.39 is 5.82 Å². The second kappa shape index (κ2) is 5.60. The molecule has 1 atom stereocenters. The lowest BCUT2D eigenvalue weighted by Gasteiger charge is -2.25. The molecule has 0 aliphatic heterocycles. The minimum atomic E-state index is -0.440. The van der Waals surface area contributed by atoms with Crippen LogP contribution in [0.3, 0.4) is 0 Å². The van der Waals surface area contributed by atoms with Crippen LogP contribution in [0.2, 0.25) is 0 Å². The number of nitrogens with two attached hydrogens (primary N) is 1. The first kappa shape index (κ1) is 12.6. The first-order chi connectivity index (χ1) is 7.60. The van der Waals surface area contributed by atoms with Crippen LogP contribution in [0.4, 0.5) is 16.2 Å². The summed E-state index contributed by atoms with van der Waals surface area (Å²) in [5.41, 5.74) is 2.30. The Morgan fingerprint density at radius 2 is 2.31 bits per heavy atom. The molecule has 0 spiro atoms. The Morgan fingerprint density at radius 3 is 2.88 bits per heavy atom. The Morgan fingerprint density at radius 1 is 1.62 bits per heavy atom. The highest BCUT2D eigenvalue weighted by Gasteiger charge is 2.15. The zero-order valence-electron chi connectivity index (χ0n) is 9.87. The molecule has 0 saturated heterocycles. The summed E-state index contributed by atoms with van der Waals surface area (Å²) in [6, 6.07) is 0.222. The molecule has 16 heavy (non-hydrogen) atoms. The second-order valence-electron chi connectivity index (χ2n) is 3.76. The van der Waals surface area contributed by atoms with Crippen molar-refractivity contribution in [2.45, 2.75) is 32.7 Å². The highest BCUT2D eigenvalue weighted by atomic mass is 19.1. The first-order valence-electron chi connectivity index (χ1n) is 5.32. The molecule has 1 unspecified atom stereocenters. The van der Waals surface area contributed by atoms with Crippen molar-refractivity contribution in [3.05, 3.63) is 12.0 Å². The van der Waals surface area contributed by atoms with E-state index >= 15 is 0 Å². The zero-order chi connectivity index (χ0) is 12.1. The molecule has 0 aromatic carbocycles. The van der Waals surface area contributed by atoms with Crippen LogP contribution in [0.5, 0.6) is 0 Å². The number of halogens is 1. The average molecular weight is 227 g/mol. The van der Waals surface area contributed by atoms with Crippen LogP contribution in [0.25, 0.3) is 0 Å². The van der Waals surface area contributed by atoms with Crippen molar-refractivity contribution in [2.24, 2.45) is 5.84 Å². The first-order valence-corrected chi connectivity index (χ1v) is 5.32. The Kier molecular flexibility index (Phi) is 4.42. The van der Waals surface area contributed by atoms with Gasteiger partial charge >= 0.3 is 0 Å². The molecular weight excluding hydrogens is 209 g/mol. The number of rotatable bonds is 5. The standard InChI is InChI=1S/C10H18FN5/c1-4-5-7(2)16(3)9-8(11)6-13-10(14-9)15-12/h6-7H,4-5,12H2,1-3H3,(H,13,14,15). The minimum Gasteiger partial charge on any atom is -0.354 e. The third kappa shape index (κ3) is 2.79. The van der Waals surface area contributed by atoms with E-state index in [2.05, 4.69) is 22.3 Å². The van der Waals surface area contributed by atoms with Gasteiger partial charge in [0.2, 0.25) is 5.95 Å². The van der Waals surface area contributed by atoms with Gasteiger partial charge in [0.1, 0.15) is 0 Å². The fraction of sp³-hybridized carbons (Fsp3) is 0.600. The van der Waals surface area contributed by atoms with Crippen molar-refractivity contribution in [1.82, 2.24) is 9.97 Å². The summed E-state index contributed by atoms with van der Waals surface area (Å²) >= 11 is 0. The zero-order valence-corrected chi connectivity index (χ0v) is 9.87. The lowest BCUT2D eigenvalue weighted by Crippen LogP contribution is -2.30. The van der Waals surface area contributed by atoms with Crippen LogP contribution < -0.4 is 16.2 Å². The number of nitrogen functional groups attached to an aromatic ring is 1. The minimum absolute atomic E-state index is 0.215. The van der Waals surface area contributed by atoms with Gasteiger partial charge in [-0.2, -0.15) is 4.98 Å². The van der Waals surface area contributed by atoms with Crippen LogP contribution in [-0.2, 0) is 0 Å². The fourth-order valence-electron chi connectivity index (χ4n) is 1.50. The summed E-state index contributed by atoms with van der Waals surface area (Å²) < 4.78 is 13.5. The second-order valence-corrected chi connectivity index (χ2v) is 3.76. The lowest BCUT2D eigenvalue weighted by molar-refractivity contribution is 0.570. The highest BCUT2D eigenvalue weighted by Crippen LogP contribution is 2.19. The molecule has 5 nitrogen and oxygen atoms in total. The van der Waals surface area contributed by atoms with E-state index in [1.54, 1.807) is 4.90 Å². The topological polar surface area (TPSA) is 67.1 Å². The van der Waals surface area contributed by atoms with Crippen LogP contribution >= 0.6 is 0 Å². The summed E-state index contributed by atoms with van der Waals surface area (Å²) in [7, 11) is 1.81. The molecule has 1 rings (SSSR count). The van der Waals surface area contributed by atoms with Crippen molar-refractivity contribution in [2.75, 3.05) is 17.4 Å². The maximum atomic E-state index is 13.5. The maximum absolute atomic E-state index is 13.5. The molecule has 0 saturated carbocycles. The molecule has 1 heterocycles. The predicted octanol–water partition coefficient (Wildman–Crippen LogP) is 1.53. The molecule has 0 fully saturated rings. The van der Waals surface area contributed by atoms with E-state index in [-0.39, 0.29) is 17.8 Å². The fourth-order valence-corrected chi connectivity index (χ4v) is 1.50. The van der Waals surface area contributed by atoms with E-state index in [0.717, 1.165) is 19.0 Å². The van der Waals surface area contributed by atoms with Gasteiger partial charge in [0.25, 0.3) is 0 Å². The molecular formula is C10H18FN5. The predicted molar refractivity (Wildman–Crippen MR) is 62.6 cm³/mol. The summed E-state index contributed by atoms with van der Waals surface area (Å²) in [6.45, 7) is 4.12. The molecule has 0 aliphatic rings. The number of hydrogen-bond donors (Lipinski definition) is 2. The van der Waals surface area contributed by atoms with Crippen molar-refractivity contribution in [3.63, 3.8) is 0 Å². The van der Waals surface area contributed by atoms with Crippen molar-refractivity contribution in [3.8, 4) is 0 Å². The quantitative estimate of drug-likeness (QED) is 0.589. The SMILES string of the molecule is CCCC(C)N(C)c1nc(NN)ncc1F. The molecule has 0 radical (unpaired) electrons. The van der Waals surface area contributed by atoms with E-state index in [1.807, 2.05) is 14.0 Å². The Labute approximate surface area is 94.8 Å². The van der Waals surface area contributed by atoms with Gasteiger partial charge in [0.05, 0.1) is 6.20 Å². The van der Waals surface area contributed by atoms with Gasteiger partial charge in [-0.15, -0.1) is 0 Å². The van der Waals surface area contributed by atoms with Gasteiger partial charge in [-0.25, -0.2) is 15.2 Å². The monoisotopic (exact) mass is 227 g/mol. The van der Waals surface area contributed by atoms with Crippen LogP contribution in [0.15, 0.2) is 6.20 Å². The molecule has 6 heteroatoms. The van der Waals surface area contributed by atoms with E-state index in [0.29, 0.717) is 0 Å². The van der Waals surface area contributed by atoms with Crippen LogP contribution in [0, 0.1) is 5.82 Å². The van der Waals surface area contributed by atoms with Gasteiger partial charge in [0, 0.05) is 13.1 Å². The summed E-state index contributed by atoms with van der Waals surface area (Å²) in [6.07, 6.45) is 3.14. The number of nitrogens with zero attached hydrogens (tertiary/aromatic N) is 3. The van der Waals surface area contributed by atoms with Gasteiger partial charge in [-0.3, -0.25) is 5.43 Å². The Balaban J connectivity index is 2.92. The number of aromatic nitrogens is 2. The van der Waals surface area contributed by atoms with Crippen molar-refractivity contribution < 1.29 is 4.39 Å². The van der Waals surface area contributed by atoms with Crippen LogP contribution in [0.1, 0.15) is 26.7 Å². The smallest absolute Gasteiger partial charge is 0.239 e. The van der Waals surface area contributed by atoms with Crippen LogP contribution in [-0.4, -0.2) is 23.1 Å². The third-order valence-electron chi connectivity index (χ3n) is 2.56. The molecule has 3 N–H and O–H groups in total. The van der Waals surface area contributed by atoms with Gasteiger partial charge < -0.3 is 4.90 Å². The Bertz CT molecular complexity index is 344. The van der Waals surface area contributed by atoms with E-state index in [9.17, 15) is 4.39 Å². The van der Waals surface area contributed by atoms with Gasteiger partial charge in [0.15, 0.2) is 11.6 Å². The number of hydrazine groups is 1. The Hall–Kier alpha value is -1.43. The van der Waals surface area contributed by atoms with E-state index in [4.69, 9.17) is 5.84 Å². The van der Waals surface area contributed by atoms with E-state index in [1.165, 1.54) is 0 Å². The molecule has 90 valence electrons. The summed E-state index contributed by atoms with van der Waals surface area (Å²) in [5.74, 6) is 5.23. The summed E-state index contributed by atoms with van der Waals surface area (Å²) in [4.78, 5) is 9.49. The van der Waals surface area contributed by atoms with Gasteiger partial charge in [-0.05, 0) is 13.3 Å². The van der Waals surface area contributed by atoms with Gasteiger partial charge in [-0.1, -0.05) is 13.3 Å². The number of anilines is 2. The molecule has 1 aromatic rings. The average Bonchev–Trinajstić information content (AvgIpc) is 2.29.